The number of aromatic hydroxyl groups is 1. The van der Waals surface area contributed by atoms with Crippen LogP contribution in [-0.4, -0.2) is 28.2 Å². The van der Waals surface area contributed by atoms with Crippen LogP contribution >= 0.6 is 0 Å². The van der Waals surface area contributed by atoms with Crippen molar-refractivity contribution >= 4 is 23.2 Å². The zero-order valence-electron chi connectivity index (χ0n) is 15.6. The van der Waals surface area contributed by atoms with E-state index in [1.807, 2.05) is 0 Å². The molecule has 1 aliphatic heterocycles. The fourth-order valence-corrected chi connectivity index (χ4v) is 3.22. The van der Waals surface area contributed by atoms with Crippen LogP contribution in [0.1, 0.15) is 28.5 Å². The number of phenolic OH excluding ortho intramolecular Hbond substituents is 1. The molecule has 2 heterocycles. The Hall–Kier alpha value is -3.95. The van der Waals surface area contributed by atoms with E-state index in [0.29, 0.717) is 39.4 Å². The number of fused-ring (bicyclic) bond motifs is 1. The Kier molecular flexibility index (Phi) is 4.82. The van der Waals surface area contributed by atoms with Crippen molar-refractivity contribution in [1.29, 1.82) is 0 Å². The molecular weight excluding hydrogens is 368 g/mol. The van der Waals surface area contributed by atoms with E-state index in [1.165, 1.54) is 12.1 Å². The number of carbonyl (C=O) groups is 1. The molecule has 4 rings (SSSR count). The monoisotopic (exact) mass is 386 g/mol. The molecule has 6 heteroatoms. The van der Waals surface area contributed by atoms with Crippen LogP contribution in [0.3, 0.4) is 0 Å². The second-order valence-corrected chi connectivity index (χ2v) is 6.47. The number of amides is 1. The lowest BCUT2D eigenvalue weighted by atomic mass is 9.99. The number of aliphatic hydroxyl groups is 1. The Balaban J connectivity index is 1.74. The van der Waals surface area contributed by atoms with Gasteiger partial charge in [-0.1, -0.05) is 30.0 Å². The average Bonchev–Trinajstić information content (AvgIpc) is 3.30. The van der Waals surface area contributed by atoms with E-state index in [2.05, 4.69) is 22.1 Å². The van der Waals surface area contributed by atoms with Crippen molar-refractivity contribution in [1.82, 2.24) is 4.98 Å². The van der Waals surface area contributed by atoms with Crippen molar-refractivity contribution in [2.75, 3.05) is 12.4 Å². The number of hydrogen-bond donors (Lipinski definition) is 4. The van der Waals surface area contributed by atoms with Crippen molar-refractivity contribution in [3.8, 4) is 23.3 Å². The van der Waals surface area contributed by atoms with Crippen molar-refractivity contribution in [2.24, 2.45) is 0 Å². The summed E-state index contributed by atoms with van der Waals surface area (Å²) in [4.78, 5) is 15.6. The van der Waals surface area contributed by atoms with Gasteiger partial charge in [0.2, 0.25) is 0 Å². The van der Waals surface area contributed by atoms with Gasteiger partial charge < -0.3 is 25.3 Å². The largest absolute Gasteiger partial charge is 0.508 e. The van der Waals surface area contributed by atoms with E-state index in [4.69, 9.17) is 4.74 Å². The van der Waals surface area contributed by atoms with E-state index in [9.17, 15) is 15.0 Å². The third-order valence-electron chi connectivity index (χ3n) is 4.60. The van der Waals surface area contributed by atoms with Crippen molar-refractivity contribution in [2.45, 2.75) is 6.10 Å². The van der Waals surface area contributed by atoms with Crippen LogP contribution in [0.2, 0.25) is 0 Å². The number of ether oxygens (including phenoxy) is 1. The predicted octanol–water partition coefficient (Wildman–Crippen LogP) is 3.31. The molecule has 0 spiro atoms. The second kappa shape index (κ2) is 7.58. The molecular formula is C23H18N2O4. The highest BCUT2D eigenvalue weighted by Gasteiger charge is 2.27. The molecule has 2 aromatic carbocycles. The Morgan fingerprint density at radius 2 is 2.00 bits per heavy atom. The molecule has 0 aliphatic carbocycles. The average molecular weight is 386 g/mol. The summed E-state index contributed by atoms with van der Waals surface area (Å²) in [6, 6.07) is 13.5. The minimum atomic E-state index is -1.07. The number of aliphatic hydroxyl groups excluding tert-OH is 1. The first kappa shape index (κ1) is 18.4. The maximum absolute atomic E-state index is 12.5. The summed E-state index contributed by atoms with van der Waals surface area (Å²) >= 11 is 0. The summed E-state index contributed by atoms with van der Waals surface area (Å²) in [7, 11) is 1.56. The van der Waals surface area contributed by atoms with Crippen LogP contribution < -0.4 is 10.1 Å². The minimum absolute atomic E-state index is 0.0591. The first-order chi connectivity index (χ1) is 14.1. The molecule has 3 aromatic rings. The highest BCUT2D eigenvalue weighted by molar-refractivity contribution is 6.35. The summed E-state index contributed by atoms with van der Waals surface area (Å²) in [5.74, 6) is 6.20. The van der Waals surface area contributed by atoms with E-state index in [1.54, 1.807) is 55.8 Å². The maximum atomic E-state index is 12.5. The van der Waals surface area contributed by atoms with Gasteiger partial charge in [-0.05, 0) is 42.0 Å². The third-order valence-corrected chi connectivity index (χ3v) is 4.60. The van der Waals surface area contributed by atoms with Crippen LogP contribution in [0.25, 0.3) is 11.6 Å². The fraction of sp³-hybridized carbons (Fsp3) is 0.0870. The lowest BCUT2D eigenvalue weighted by Gasteiger charge is -2.05. The molecule has 0 saturated heterocycles. The highest BCUT2D eigenvalue weighted by Crippen LogP contribution is 2.36. The maximum Gasteiger partial charge on any atom is 0.256 e. The van der Waals surface area contributed by atoms with E-state index in [0.717, 1.165) is 0 Å². The number of aromatic nitrogens is 1. The van der Waals surface area contributed by atoms with E-state index < -0.39 is 6.10 Å². The summed E-state index contributed by atoms with van der Waals surface area (Å²) < 4.78 is 5.30. The summed E-state index contributed by atoms with van der Waals surface area (Å²) in [5.41, 5.74) is 3.56. The van der Waals surface area contributed by atoms with Gasteiger partial charge in [0.1, 0.15) is 17.6 Å². The Morgan fingerprint density at radius 1 is 1.17 bits per heavy atom. The molecule has 4 N–H and O–H groups in total. The number of methoxy groups -OCH3 is 1. The standard InChI is InChI=1S/C23H18N2O4/c1-29-21-10-11-24-19(21)13-17-22-14(4-3-7-18(22)25-23(17)28)8-9-20(27)15-5-2-6-16(26)12-15/h2-7,10-13,20,24,26-27H,1H3,(H,25,28)/b17-13-. The van der Waals surface area contributed by atoms with Gasteiger partial charge in [0.25, 0.3) is 5.91 Å². The number of carbonyl (C=O) groups excluding carboxylic acids is 1. The van der Waals surface area contributed by atoms with Crippen LogP contribution in [-0.2, 0) is 4.79 Å². The quantitative estimate of drug-likeness (QED) is 0.410. The second-order valence-electron chi connectivity index (χ2n) is 6.47. The lowest BCUT2D eigenvalue weighted by molar-refractivity contribution is -0.110. The smallest absolute Gasteiger partial charge is 0.256 e. The zero-order valence-corrected chi connectivity index (χ0v) is 15.6. The number of phenols is 1. The zero-order chi connectivity index (χ0) is 20.4. The van der Waals surface area contributed by atoms with Crippen molar-refractivity contribution in [3.05, 3.63) is 77.1 Å². The van der Waals surface area contributed by atoms with Gasteiger partial charge in [-0.25, -0.2) is 0 Å². The van der Waals surface area contributed by atoms with Crippen LogP contribution in [0, 0.1) is 11.8 Å². The molecule has 0 bridgehead atoms. The van der Waals surface area contributed by atoms with Gasteiger partial charge in [-0.3, -0.25) is 4.79 Å². The van der Waals surface area contributed by atoms with Crippen molar-refractivity contribution in [3.63, 3.8) is 0 Å². The summed E-state index contributed by atoms with van der Waals surface area (Å²) in [6.45, 7) is 0. The van der Waals surface area contributed by atoms with Gasteiger partial charge in [-0.2, -0.15) is 0 Å². The van der Waals surface area contributed by atoms with Gasteiger partial charge in [0.05, 0.1) is 24.1 Å². The van der Waals surface area contributed by atoms with Gasteiger partial charge in [-0.15, -0.1) is 0 Å². The summed E-state index contributed by atoms with van der Waals surface area (Å²) in [5, 5.41) is 22.8. The molecule has 1 amide bonds. The molecule has 144 valence electrons. The Bertz CT molecular complexity index is 1180. The predicted molar refractivity (Wildman–Crippen MR) is 110 cm³/mol. The number of anilines is 1. The van der Waals surface area contributed by atoms with Gasteiger partial charge >= 0.3 is 0 Å². The van der Waals surface area contributed by atoms with E-state index >= 15 is 0 Å². The normalized spacial score (nSPS) is 14.7. The van der Waals surface area contributed by atoms with Gasteiger partial charge in [0.15, 0.2) is 0 Å². The molecule has 0 fully saturated rings. The minimum Gasteiger partial charge on any atom is -0.508 e. The number of hydrogen-bond acceptors (Lipinski definition) is 4. The number of nitrogens with one attached hydrogen (secondary N) is 2. The molecule has 1 atom stereocenters. The van der Waals surface area contributed by atoms with E-state index in [-0.39, 0.29) is 11.7 Å². The molecule has 1 aliphatic rings. The Morgan fingerprint density at radius 3 is 2.79 bits per heavy atom. The van der Waals surface area contributed by atoms with Gasteiger partial charge in [0, 0.05) is 17.3 Å². The van der Waals surface area contributed by atoms with Crippen LogP contribution in [0.4, 0.5) is 5.69 Å². The number of rotatable bonds is 3. The highest BCUT2D eigenvalue weighted by atomic mass is 16.5. The molecule has 1 aromatic heterocycles. The molecule has 6 nitrogen and oxygen atoms in total. The summed E-state index contributed by atoms with van der Waals surface area (Å²) in [6.07, 6.45) is 2.38. The Labute approximate surface area is 167 Å². The first-order valence-electron chi connectivity index (χ1n) is 8.93. The molecule has 1 unspecified atom stereocenters. The topological polar surface area (TPSA) is 94.6 Å². The SMILES string of the molecule is COc1cc[nH]c1/C=C1\C(=O)Nc2cccc(C#CC(O)c3cccc(O)c3)c21. The molecule has 0 radical (unpaired) electrons. The number of aromatic amines is 1. The fourth-order valence-electron chi connectivity index (χ4n) is 3.22. The third kappa shape index (κ3) is 3.59. The first-order valence-corrected chi connectivity index (χ1v) is 8.93. The molecule has 29 heavy (non-hydrogen) atoms. The van der Waals surface area contributed by atoms with Crippen molar-refractivity contribution < 1.29 is 19.7 Å². The lowest BCUT2D eigenvalue weighted by Crippen LogP contribution is -2.03. The van der Waals surface area contributed by atoms with Crippen LogP contribution in [0.15, 0.2) is 54.7 Å². The molecule has 0 saturated carbocycles. The number of H-pyrrole nitrogens is 1. The number of benzene rings is 2. The van der Waals surface area contributed by atoms with Crippen LogP contribution in [0.5, 0.6) is 11.5 Å².